The van der Waals surface area contributed by atoms with Crippen LogP contribution in [0, 0.1) is 0 Å². The standard InChI is InChI=1S/C5H2F10.C2H6O/c6-1-2(7,8)3(9,10)4(11,12)5(13,14)15;1-2-3/h1H2;3H,2H2,1H3. The topological polar surface area (TPSA) is 20.2 Å². The van der Waals surface area contributed by atoms with Crippen LogP contribution in [0.5, 0.6) is 0 Å². The van der Waals surface area contributed by atoms with Crippen molar-refractivity contribution in [1.82, 2.24) is 0 Å². The second kappa shape index (κ2) is 5.93. The molecule has 112 valence electrons. The van der Waals surface area contributed by atoms with Crippen molar-refractivity contribution in [1.29, 1.82) is 0 Å². The highest BCUT2D eigenvalue weighted by molar-refractivity contribution is 5.00. The number of alkyl halides is 10. The van der Waals surface area contributed by atoms with E-state index in [2.05, 4.69) is 0 Å². The monoisotopic (exact) mass is 298 g/mol. The summed E-state index contributed by atoms with van der Waals surface area (Å²) in [5.74, 6) is -19.9. The Hall–Kier alpha value is -0.740. The van der Waals surface area contributed by atoms with Gasteiger partial charge in [-0.15, -0.1) is 0 Å². The van der Waals surface area contributed by atoms with Gasteiger partial charge in [-0.2, -0.15) is 39.5 Å². The second-order valence-corrected chi connectivity index (χ2v) is 2.80. The van der Waals surface area contributed by atoms with E-state index >= 15 is 0 Å². The first-order valence-corrected chi connectivity index (χ1v) is 4.09. The van der Waals surface area contributed by atoms with Crippen molar-refractivity contribution < 1.29 is 49.0 Å². The first kappa shape index (κ1) is 19.6. The van der Waals surface area contributed by atoms with Crippen molar-refractivity contribution in [3.8, 4) is 0 Å². The molecule has 11 heteroatoms. The van der Waals surface area contributed by atoms with E-state index in [0.717, 1.165) is 0 Å². The van der Waals surface area contributed by atoms with E-state index in [1.807, 2.05) is 0 Å². The zero-order valence-electron chi connectivity index (χ0n) is 8.64. The minimum Gasteiger partial charge on any atom is -0.397 e. The largest absolute Gasteiger partial charge is 0.460 e. The fourth-order valence-corrected chi connectivity index (χ4v) is 0.492. The van der Waals surface area contributed by atoms with E-state index in [9.17, 15) is 43.9 Å². The van der Waals surface area contributed by atoms with Gasteiger partial charge in [0.1, 0.15) is 0 Å². The average Bonchev–Trinajstić information content (AvgIpc) is 2.16. The number of aliphatic hydroxyl groups excluding tert-OH is 1. The Bertz CT molecular complexity index is 245. The van der Waals surface area contributed by atoms with Crippen LogP contribution in [-0.4, -0.2) is 42.3 Å². The minimum absolute atomic E-state index is 0.250. The van der Waals surface area contributed by atoms with Crippen LogP contribution in [0.4, 0.5) is 43.9 Å². The van der Waals surface area contributed by atoms with Crippen molar-refractivity contribution in [2.75, 3.05) is 13.3 Å². The van der Waals surface area contributed by atoms with E-state index in [1.54, 1.807) is 6.92 Å². The van der Waals surface area contributed by atoms with Crippen LogP contribution in [0.25, 0.3) is 0 Å². The molecule has 0 rings (SSSR count). The van der Waals surface area contributed by atoms with Gasteiger partial charge in [0.2, 0.25) is 0 Å². The molecular formula is C7H8F10O. The molecule has 0 spiro atoms. The van der Waals surface area contributed by atoms with Gasteiger partial charge >= 0.3 is 23.9 Å². The second-order valence-electron chi connectivity index (χ2n) is 2.80. The number of rotatable bonds is 3. The van der Waals surface area contributed by atoms with Gasteiger partial charge in [0, 0.05) is 6.61 Å². The lowest BCUT2D eigenvalue weighted by Crippen LogP contribution is -2.61. The Kier molecular flexibility index (Phi) is 6.46. The summed E-state index contributed by atoms with van der Waals surface area (Å²) in [6, 6.07) is 0. The van der Waals surface area contributed by atoms with Crippen LogP contribution in [-0.2, 0) is 0 Å². The molecule has 0 aliphatic carbocycles. The Labute approximate surface area is 94.4 Å². The Morgan fingerprint density at radius 1 is 0.778 bits per heavy atom. The maximum Gasteiger partial charge on any atom is 0.460 e. The molecule has 0 heterocycles. The molecular weight excluding hydrogens is 290 g/mol. The quantitative estimate of drug-likeness (QED) is 0.792. The Balaban J connectivity index is 0. The van der Waals surface area contributed by atoms with Crippen molar-refractivity contribution in [2.24, 2.45) is 0 Å². The van der Waals surface area contributed by atoms with E-state index < -0.39 is 30.6 Å². The molecule has 0 unspecified atom stereocenters. The van der Waals surface area contributed by atoms with Crippen LogP contribution in [0.2, 0.25) is 0 Å². The highest BCUT2D eigenvalue weighted by atomic mass is 19.4. The molecule has 0 atom stereocenters. The van der Waals surface area contributed by atoms with Crippen LogP contribution in [0.1, 0.15) is 6.92 Å². The minimum atomic E-state index is -7.00. The predicted octanol–water partition coefficient (Wildman–Crippen LogP) is 3.42. The van der Waals surface area contributed by atoms with Gasteiger partial charge in [-0.25, -0.2) is 4.39 Å². The average molecular weight is 298 g/mol. The maximum absolute atomic E-state index is 12.0. The van der Waals surface area contributed by atoms with Crippen molar-refractivity contribution in [3.05, 3.63) is 0 Å². The van der Waals surface area contributed by atoms with Crippen LogP contribution in [0.15, 0.2) is 0 Å². The summed E-state index contributed by atoms with van der Waals surface area (Å²) in [6.07, 6.45) is -6.89. The van der Waals surface area contributed by atoms with E-state index in [0.29, 0.717) is 0 Å². The summed E-state index contributed by atoms with van der Waals surface area (Å²) in [7, 11) is 0. The fraction of sp³-hybridized carbons (Fsp3) is 1.00. The molecule has 18 heavy (non-hydrogen) atoms. The molecule has 0 fully saturated rings. The van der Waals surface area contributed by atoms with Gasteiger partial charge in [-0.1, -0.05) is 0 Å². The van der Waals surface area contributed by atoms with Gasteiger partial charge in [0.05, 0.1) is 0 Å². The molecule has 0 bridgehead atoms. The van der Waals surface area contributed by atoms with Crippen LogP contribution < -0.4 is 0 Å². The molecule has 0 saturated carbocycles. The lowest BCUT2D eigenvalue weighted by molar-refractivity contribution is -0.397. The molecule has 0 saturated heterocycles. The summed E-state index contributed by atoms with van der Waals surface area (Å²) in [4.78, 5) is 0. The summed E-state index contributed by atoms with van der Waals surface area (Å²) < 4.78 is 117. The molecule has 0 aliphatic rings. The lowest BCUT2D eigenvalue weighted by Gasteiger charge is -2.32. The molecule has 0 aliphatic heterocycles. The molecule has 0 aromatic carbocycles. The van der Waals surface area contributed by atoms with Crippen LogP contribution >= 0.6 is 0 Å². The van der Waals surface area contributed by atoms with Gasteiger partial charge in [0.15, 0.2) is 6.67 Å². The van der Waals surface area contributed by atoms with Crippen molar-refractivity contribution in [3.63, 3.8) is 0 Å². The zero-order valence-corrected chi connectivity index (χ0v) is 8.64. The lowest BCUT2D eigenvalue weighted by atomic mass is 10.1. The first-order valence-electron chi connectivity index (χ1n) is 4.09. The normalized spacial score (nSPS) is 14.0. The summed E-state index contributed by atoms with van der Waals surface area (Å²) in [6.45, 7) is -1.40. The molecule has 1 N–H and O–H groups in total. The molecule has 0 aromatic heterocycles. The van der Waals surface area contributed by atoms with Gasteiger partial charge in [0.25, 0.3) is 0 Å². The van der Waals surface area contributed by atoms with Gasteiger partial charge in [-0.05, 0) is 6.92 Å². The smallest absolute Gasteiger partial charge is 0.397 e. The zero-order chi connectivity index (χ0) is 15.4. The third-order valence-electron chi connectivity index (χ3n) is 1.38. The van der Waals surface area contributed by atoms with Crippen LogP contribution in [0.3, 0.4) is 0 Å². The maximum atomic E-state index is 12.0. The highest BCUT2D eigenvalue weighted by Crippen LogP contribution is 2.52. The van der Waals surface area contributed by atoms with Gasteiger partial charge < -0.3 is 5.11 Å². The molecule has 0 aromatic rings. The molecule has 0 radical (unpaired) electrons. The van der Waals surface area contributed by atoms with Crippen molar-refractivity contribution in [2.45, 2.75) is 30.9 Å². The predicted molar refractivity (Wildman–Crippen MR) is 39.6 cm³/mol. The molecule has 0 amide bonds. The third kappa shape index (κ3) is 3.62. The number of halogens is 10. The molecule has 1 nitrogen and oxygen atoms in total. The van der Waals surface area contributed by atoms with E-state index in [-0.39, 0.29) is 6.61 Å². The van der Waals surface area contributed by atoms with Crippen molar-refractivity contribution >= 4 is 0 Å². The van der Waals surface area contributed by atoms with Gasteiger partial charge in [-0.3, -0.25) is 0 Å². The first-order chi connectivity index (χ1) is 7.72. The highest BCUT2D eigenvalue weighted by Gasteiger charge is 2.81. The van der Waals surface area contributed by atoms with E-state index in [4.69, 9.17) is 5.11 Å². The Morgan fingerprint density at radius 3 is 1.22 bits per heavy atom. The summed E-state index contributed by atoms with van der Waals surface area (Å²) in [5.41, 5.74) is 0. The number of hydrogen-bond donors (Lipinski definition) is 1. The van der Waals surface area contributed by atoms with E-state index in [1.165, 1.54) is 0 Å². The summed E-state index contributed by atoms with van der Waals surface area (Å²) >= 11 is 0. The number of aliphatic hydroxyl groups is 1. The third-order valence-corrected chi connectivity index (χ3v) is 1.38. The summed E-state index contributed by atoms with van der Waals surface area (Å²) in [5, 5.41) is 7.57. The SMILES string of the molecule is CCO.FCC(F)(F)C(F)(F)C(F)(F)C(F)(F)F. The number of hydrogen-bond acceptors (Lipinski definition) is 1. The fourth-order valence-electron chi connectivity index (χ4n) is 0.492. The Morgan fingerprint density at radius 2 is 1.06 bits per heavy atom.